The SMILES string of the molecule is CCC(C(=O)O)C(S)(S)S. The Kier molecular flexibility index (Phi) is 3.98. The second kappa shape index (κ2) is 3.78. The summed E-state index contributed by atoms with van der Waals surface area (Å²) in [5, 5.41) is 8.56. The van der Waals surface area contributed by atoms with Crippen LogP contribution >= 0.6 is 37.9 Å². The molecular formula is C5H10O2S3. The van der Waals surface area contributed by atoms with E-state index in [-0.39, 0.29) is 0 Å². The standard InChI is InChI=1S/C5H10O2S3/c1-2-3(4(6)7)5(8,9)10/h3,8-10H,2H2,1H3,(H,6,7). The predicted octanol–water partition coefficient (Wildman–Crippen LogP) is 1.54. The third-order valence-electron chi connectivity index (χ3n) is 1.17. The minimum Gasteiger partial charge on any atom is -0.481 e. The Balaban J connectivity index is 4.22. The average molecular weight is 198 g/mol. The number of carboxylic acids is 1. The van der Waals surface area contributed by atoms with E-state index >= 15 is 0 Å². The zero-order valence-corrected chi connectivity index (χ0v) is 8.16. The van der Waals surface area contributed by atoms with Crippen molar-refractivity contribution in [1.29, 1.82) is 0 Å². The van der Waals surface area contributed by atoms with Crippen molar-refractivity contribution < 1.29 is 9.90 Å². The molecule has 1 atom stereocenters. The topological polar surface area (TPSA) is 37.3 Å². The molecule has 0 aliphatic rings. The van der Waals surface area contributed by atoms with Crippen LogP contribution in [-0.2, 0) is 4.79 Å². The van der Waals surface area contributed by atoms with Crippen molar-refractivity contribution in [2.45, 2.75) is 16.8 Å². The lowest BCUT2D eigenvalue weighted by Crippen LogP contribution is -2.27. The van der Waals surface area contributed by atoms with E-state index in [1.165, 1.54) is 0 Å². The molecule has 0 aliphatic carbocycles. The first-order valence-corrected chi connectivity index (χ1v) is 4.13. The molecular weight excluding hydrogens is 188 g/mol. The van der Waals surface area contributed by atoms with Gasteiger partial charge in [0.15, 0.2) is 0 Å². The van der Waals surface area contributed by atoms with Crippen molar-refractivity contribution in [3.63, 3.8) is 0 Å². The highest BCUT2D eigenvalue weighted by molar-refractivity contribution is 8.17. The Hall–Kier alpha value is 0.520. The van der Waals surface area contributed by atoms with Crippen LogP contribution in [0.2, 0.25) is 0 Å². The van der Waals surface area contributed by atoms with Gasteiger partial charge in [-0.1, -0.05) is 6.92 Å². The summed E-state index contributed by atoms with van der Waals surface area (Å²) < 4.78 is -1.03. The smallest absolute Gasteiger partial charge is 0.309 e. The largest absolute Gasteiger partial charge is 0.481 e. The van der Waals surface area contributed by atoms with Gasteiger partial charge < -0.3 is 5.11 Å². The van der Waals surface area contributed by atoms with Crippen LogP contribution in [0.1, 0.15) is 13.3 Å². The zero-order chi connectivity index (χ0) is 8.36. The highest BCUT2D eigenvalue weighted by Crippen LogP contribution is 2.35. The van der Waals surface area contributed by atoms with Gasteiger partial charge in [0.25, 0.3) is 0 Å². The summed E-state index contributed by atoms with van der Waals surface area (Å²) in [6.07, 6.45) is 0.478. The Morgan fingerprint density at radius 3 is 2.00 bits per heavy atom. The number of thiol groups is 3. The second-order valence-corrected chi connectivity index (χ2v) is 5.16. The van der Waals surface area contributed by atoms with Gasteiger partial charge in [-0.15, -0.1) is 0 Å². The average Bonchev–Trinajstić information content (AvgIpc) is 1.60. The summed E-state index contributed by atoms with van der Waals surface area (Å²) in [5.41, 5.74) is 0. The second-order valence-electron chi connectivity index (χ2n) is 1.99. The van der Waals surface area contributed by atoms with Gasteiger partial charge in [-0.2, -0.15) is 37.9 Å². The molecule has 0 aromatic carbocycles. The summed E-state index contributed by atoms with van der Waals surface area (Å²) in [5.74, 6) is -1.54. The number of rotatable bonds is 3. The molecule has 0 rings (SSSR count). The van der Waals surface area contributed by atoms with Gasteiger partial charge >= 0.3 is 5.97 Å². The van der Waals surface area contributed by atoms with Gasteiger partial charge in [0.05, 0.1) is 5.92 Å². The normalized spacial score (nSPS) is 14.8. The fraction of sp³-hybridized carbons (Fsp3) is 0.800. The third-order valence-corrected chi connectivity index (χ3v) is 2.11. The van der Waals surface area contributed by atoms with Crippen LogP contribution in [0.3, 0.4) is 0 Å². The Labute approximate surface area is 76.6 Å². The molecule has 0 spiro atoms. The first-order valence-electron chi connectivity index (χ1n) is 2.79. The maximum absolute atomic E-state index is 10.4. The fourth-order valence-corrected chi connectivity index (χ4v) is 1.49. The van der Waals surface area contributed by atoms with Gasteiger partial charge in [0.2, 0.25) is 0 Å². The first-order chi connectivity index (χ1) is 4.39. The molecule has 0 amide bonds. The van der Waals surface area contributed by atoms with Crippen LogP contribution < -0.4 is 0 Å². The van der Waals surface area contributed by atoms with Crippen LogP contribution in [0.25, 0.3) is 0 Å². The number of carbonyl (C=O) groups is 1. The molecule has 60 valence electrons. The Morgan fingerprint density at radius 1 is 1.60 bits per heavy atom. The van der Waals surface area contributed by atoms with E-state index in [4.69, 9.17) is 5.11 Å². The van der Waals surface area contributed by atoms with E-state index in [0.29, 0.717) is 6.42 Å². The summed E-state index contributed by atoms with van der Waals surface area (Å²) in [7, 11) is 0. The van der Waals surface area contributed by atoms with E-state index in [1.807, 2.05) is 0 Å². The lowest BCUT2D eigenvalue weighted by molar-refractivity contribution is -0.141. The lowest BCUT2D eigenvalue weighted by atomic mass is 10.1. The summed E-state index contributed by atoms with van der Waals surface area (Å²) in [6, 6.07) is 0. The van der Waals surface area contributed by atoms with Gasteiger partial charge in [-0.05, 0) is 6.42 Å². The van der Waals surface area contributed by atoms with Crippen LogP contribution in [-0.4, -0.2) is 14.5 Å². The van der Waals surface area contributed by atoms with Gasteiger partial charge in [-0.3, -0.25) is 4.79 Å². The van der Waals surface area contributed by atoms with Crippen LogP contribution in [0.4, 0.5) is 0 Å². The maximum Gasteiger partial charge on any atom is 0.309 e. The summed E-state index contributed by atoms with van der Waals surface area (Å²) in [6.45, 7) is 1.76. The van der Waals surface area contributed by atoms with Gasteiger partial charge in [0, 0.05) is 0 Å². The van der Waals surface area contributed by atoms with Gasteiger partial charge in [-0.25, -0.2) is 0 Å². The van der Waals surface area contributed by atoms with E-state index in [2.05, 4.69) is 37.9 Å². The first kappa shape index (κ1) is 10.5. The van der Waals surface area contributed by atoms with Crippen LogP contribution in [0, 0.1) is 5.92 Å². The minimum atomic E-state index is -1.03. The molecule has 10 heavy (non-hydrogen) atoms. The fourth-order valence-electron chi connectivity index (χ4n) is 0.614. The van der Waals surface area contributed by atoms with Crippen molar-refractivity contribution in [2.75, 3.05) is 0 Å². The van der Waals surface area contributed by atoms with Crippen molar-refractivity contribution in [3.05, 3.63) is 0 Å². The molecule has 1 N–H and O–H groups in total. The molecule has 0 fully saturated rings. The number of hydrogen-bond acceptors (Lipinski definition) is 4. The molecule has 0 aromatic heterocycles. The molecule has 0 radical (unpaired) electrons. The van der Waals surface area contributed by atoms with Gasteiger partial charge in [0.1, 0.15) is 3.41 Å². The molecule has 0 bridgehead atoms. The van der Waals surface area contributed by atoms with Crippen molar-refractivity contribution in [1.82, 2.24) is 0 Å². The van der Waals surface area contributed by atoms with Crippen molar-refractivity contribution in [3.8, 4) is 0 Å². The molecule has 0 aliphatic heterocycles. The van der Waals surface area contributed by atoms with Crippen LogP contribution in [0.5, 0.6) is 0 Å². The Morgan fingerprint density at radius 2 is 2.00 bits per heavy atom. The number of aliphatic carboxylic acids is 1. The quantitative estimate of drug-likeness (QED) is 0.410. The minimum absolute atomic E-state index is 0.478. The highest BCUT2D eigenvalue weighted by atomic mass is 32.2. The predicted molar refractivity (Wildman–Crippen MR) is 51.1 cm³/mol. The molecule has 2 nitrogen and oxygen atoms in total. The van der Waals surface area contributed by atoms with E-state index < -0.39 is 15.3 Å². The van der Waals surface area contributed by atoms with E-state index in [9.17, 15) is 4.79 Å². The molecule has 0 heterocycles. The third kappa shape index (κ3) is 3.07. The monoisotopic (exact) mass is 198 g/mol. The highest BCUT2D eigenvalue weighted by Gasteiger charge is 2.32. The molecule has 0 saturated carbocycles. The molecule has 0 saturated heterocycles. The Bertz CT molecular complexity index is 129. The summed E-state index contributed by atoms with van der Waals surface area (Å²) in [4.78, 5) is 10.4. The lowest BCUT2D eigenvalue weighted by Gasteiger charge is -2.22. The van der Waals surface area contributed by atoms with Crippen molar-refractivity contribution in [2.24, 2.45) is 5.92 Å². The summed E-state index contributed by atoms with van der Waals surface area (Å²) >= 11 is 11.8. The maximum atomic E-state index is 10.4. The number of carboxylic acid groups (broad SMARTS) is 1. The van der Waals surface area contributed by atoms with E-state index in [1.54, 1.807) is 6.92 Å². The van der Waals surface area contributed by atoms with Crippen LogP contribution in [0.15, 0.2) is 0 Å². The zero-order valence-electron chi connectivity index (χ0n) is 5.48. The molecule has 0 aromatic rings. The molecule has 5 heteroatoms. The van der Waals surface area contributed by atoms with Crippen molar-refractivity contribution >= 4 is 43.9 Å². The number of hydrogen-bond donors (Lipinski definition) is 4. The van der Waals surface area contributed by atoms with E-state index in [0.717, 1.165) is 0 Å². The molecule has 1 unspecified atom stereocenters.